The number of rotatable bonds is 13. The van der Waals surface area contributed by atoms with Crippen LogP contribution in [0.2, 0.25) is 0 Å². The fourth-order valence-electron chi connectivity index (χ4n) is 5.29. The lowest BCUT2D eigenvalue weighted by Crippen LogP contribution is -2.54. The van der Waals surface area contributed by atoms with Crippen LogP contribution in [0.25, 0.3) is 0 Å². The zero-order valence-electron chi connectivity index (χ0n) is 27.4. The van der Waals surface area contributed by atoms with Crippen LogP contribution in [0.4, 0.5) is 5.69 Å². The van der Waals surface area contributed by atoms with Crippen LogP contribution < -0.4 is 14.4 Å². The maximum absolute atomic E-state index is 14.7. The van der Waals surface area contributed by atoms with Crippen LogP contribution in [0.3, 0.4) is 0 Å². The number of carbonyl (C=O) groups excluding carboxylic acids is 2. The minimum absolute atomic E-state index is 0.0399. The molecule has 0 spiro atoms. The molecule has 1 N–H and O–H groups in total. The molecule has 0 aliphatic carbocycles. The van der Waals surface area contributed by atoms with Crippen molar-refractivity contribution in [3.05, 3.63) is 125 Å². The van der Waals surface area contributed by atoms with E-state index in [9.17, 15) is 18.0 Å². The summed E-state index contributed by atoms with van der Waals surface area (Å²) in [4.78, 5) is 30.0. The molecule has 0 unspecified atom stereocenters. The largest absolute Gasteiger partial charge is 0.495 e. The topological polar surface area (TPSA) is 96.0 Å². The zero-order valence-corrected chi connectivity index (χ0v) is 28.2. The van der Waals surface area contributed by atoms with E-state index in [1.54, 1.807) is 24.3 Å². The van der Waals surface area contributed by atoms with Crippen molar-refractivity contribution in [3.8, 4) is 5.75 Å². The smallest absolute Gasteiger partial charge is 0.264 e. The van der Waals surface area contributed by atoms with Gasteiger partial charge < -0.3 is 15.0 Å². The van der Waals surface area contributed by atoms with E-state index in [4.69, 9.17) is 4.74 Å². The first-order valence-electron chi connectivity index (χ1n) is 15.3. The molecule has 9 heteroatoms. The third-order valence-electron chi connectivity index (χ3n) is 7.63. The van der Waals surface area contributed by atoms with Gasteiger partial charge >= 0.3 is 0 Å². The van der Waals surface area contributed by atoms with Crippen LogP contribution in [-0.2, 0) is 32.6 Å². The van der Waals surface area contributed by atoms with Gasteiger partial charge in [0, 0.05) is 19.0 Å². The van der Waals surface area contributed by atoms with Crippen molar-refractivity contribution in [2.24, 2.45) is 0 Å². The number of hydrogen-bond acceptors (Lipinski definition) is 5. The lowest BCUT2D eigenvalue weighted by Gasteiger charge is -2.34. The fourth-order valence-corrected chi connectivity index (χ4v) is 6.70. The monoisotopic (exact) mass is 641 g/mol. The van der Waals surface area contributed by atoms with Crippen LogP contribution in [0.5, 0.6) is 5.75 Å². The van der Waals surface area contributed by atoms with Crippen LogP contribution in [-0.4, -0.2) is 50.9 Å². The second kappa shape index (κ2) is 15.1. The van der Waals surface area contributed by atoms with Crippen LogP contribution >= 0.6 is 0 Å². The summed E-state index contributed by atoms with van der Waals surface area (Å²) in [6.07, 6.45) is 0.245. The Hall–Kier alpha value is -4.63. The molecule has 242 valence electrons. The van der Waals surface area contributed by atoms with Crippen molar-refractivity contribution >= 4 is 27.5 Å². The van der Waals surface area contributed by atoms with Gasteiger partial charge in [0.2, 0.25) is 11.8 Å². The van der Waals surface area contributed by atoms with Gasteiger partial charge in [0.25, 0.3) is 10.0 Å². The molecular formula is C37H43N3O5S. The molecule has 4 aromatic rings. The molecule has 2 amide bonds. The first-order chi connectivity index (χ1) is 21.9. The Kier molecular flexibility index (Phi) is 11.2. The minimum atomic E-state index is -4.25. The number of amides is 2. The van der Waals surface area contributed by atoms with E-state index in [-0.39, 0.29) is 35.5 Å². The molecule has 0 aliphatic heterocycles. The molecule has 0 saturated heterocycles. The van der Waals surface area contributed by atoms with E-state index >= 15 is 0 Å². The molecule has 1 atom stereocenters. The molecular weight excluding hydrogens is 598 g/mol. The molecule has 0 saturated carbocycles. The molecule has 4 rings (SSSR count). The van der Waals surface area contributed by atoms with E-state index in [1.807, 2.05) is 95.3 Å². The van der Waals surface area contributed by atoms with Gasteiger partial charge in [-0.25, -0.2) is 8.42 Å². The lowest BCUT2D eigenvalue weighted by atomic mass is 10.0. The summed E-state index contributed by atoms with van der Waals surface area (Å²) in [5, 5.41) is 2.98. The molecule has 0 aliphatic rings. The van der Waals surface area contributed by atoms with Gasteiger partial charge in [0.1, 0.15) is 18.3 Å². The third kappa shape index (κ3) is 8.54. The number of nitrogens with zero attached hydrogens (tertiary/aromatic N) is 2. The molecule has 0 bridgehead atoms. The predicted octanol–water partition coefficient (Wildman–Crippen LogP) is 5.98. The van der Waals surface area contributed by atoms with Crippen LogP contribution in [0, 0.1) is 20.8 Å². The van der Waals surface area contributed by atoms with Gasteiger partial charge in [-0.15, -0.1) is 0 Å². The maximum Gasteiger partial charge on any atom is 0.264 e. The summed E-state index contributed by atoms with van der Waals surface area (Å²) >= 11 is 0. The number of methoxy groups -OCH3 is 1. The predicted molar refractivity (Wildman–Crippen MR) is 182 cm³/mol. The Morgan fingerprint density at radius 1 is 0.783 bits per heavy atom. The van der Waals surface area contributed by atoms with Crippen molar-refractivity contribution in [2.45, 2.75) is 64.6 Å². The number of ether oxygens (including phenoxy) is 1. The quantitative estimate of drug-likeness (QED) is 0.194. The Morgan fingerprint density at radius 2 is 1.41 bits per heavy atom. The van der Waals surface area contributed by atoms with Crippen molar-refractivity contribution in [1.29, 1.82) is 0 Å². The maximum atomic E-state index is 14.7. The van der Waals surface area contributed by atoms with Crippen LogP contribution in [0.1, 0.15) is 41.7 Å². The van der Waals surface area contributed by atoms with E-state index in [0.717, 1.165) is 32.1 Å². The van der Waals surface area contributed by atoms with Gasteiger partial charge in [-0.3, -0.25) is 13.9 Å². The average molecular weight is 642 g/mol. The Balaban J connectivity index is 1.86. The van der Waals surface area contributed by atoms with Crippen molar-refractivity contribution < 1.29 is 22.7 Å². The molecule has 4 aromatic carbocycles. The number of sulfonamides is 1. The highest BCUT2D eigenvalue weighted by Crippen LogP contribution is 2.34. The van der Waals surface area contributed by atoms with Crippen molar-refractivity contribution in [2.75, 3.05) is 18.0 Å². The molecule has 0 radical (unpaired) electrons. The average Bonchev–Trinajstić information content (AvgIpc) is 3.01. The zero-order chi connectivity index (χ0) is 33.4. The van der Waals surface area contributed by atoms with Crippen molar-refractivity contribution in [1.82, 2.24) is 10.2 Å². The number of anilines is 1. The summed E-state index contributed by atoms with van der Waals surface area (Å²) in [5.74, 6) is -0.542. The normalized spacial score (nSPS) is 12.0. The summed E-state index contributed by atoms with van der Waals surface area (Å²) in [6, 6.07) is 27.8. The van der Waals surface area contributed by atoms with Gasteiger partial charge in [-0.05, 0) is 75.6 Å². The van der Waals surface area contributed by atoms with Gasteiger partial charge in [0.05, 0.1) is 17.7 Å². The third-order valence-corrected chi connectivity index (χ3v) is 9.40. The molecule has 0 fully saturated rings. The number of benzene rings is 4. The summed E-state index contributed by atoms with van der Waals surface area (Å²) in [5.41, 5.74) is 4.63. The Morgan fingerprint density at radius 3 is 2.04 bits per heavy atom. The van der Waals surface area contributed by atoms with E-state index in [1.165, 1.54) is 24.1 Å². The summed E-state index contributed by atoms with van der Waals surface area (Å²) in [6.45, 7) is 8.96. The SMILES string of the molecule is COc1ccc(C)cc1N(CC(=O)N(Cc1cccc(C)c1)[C@@H](Cc1ccccc1)C(=O)NC(C)C)S(=O)(=O)c1ccc(C)cc1. The number of nitrogens with one attached hydrogen (secondary N) is 1. The number of carbonyl (C=O) groups is 2. The standard InChI is InChI=1S/C37H43N3O5S/c1-26(2)38-37(42)34(23-30-12-8-7-9-13-30)39(24-31-14-10-11-28(4)21-31)36(41)25-40(33-22-29(5)17-20-35(33)45-6)46(43,44)32-18-15-27(3)16-19-32/h7-22,26,34H,23-25H2,1-6H3,(H,38,42)/t34-/m0/s1. The van der Waals surface area contributed by atoms with E-state index in [0.29, 0.717) is 5.75 Å². The number of hydrogen-bond donors (Lipinski definition) is 1. The second-order valence-corrected chi connectivity index (χ2v) is 13.7. The Labute approximate surface area is 273 Å². The molecule has 0 aromatic heterocycles. The lowest BCUT2D eigenvalue weighted by molar-refractivity contribution is -0.140. The summed E-state index contributed by atoms with van der Waals surface area (Å²) in [7, 11) is -2.79. The van der Waals surface area contributed by atoms with Gasteiger partial charge in [0.15, 0.2) is 0 Å². The highest BCUT2D eigenvalue weighted by Gasteiger charge is 2.35. The van der Waals surface area contributed by atoms with Crippen molar-refractivity contribution in [3.63, 3.8) is 0 Å². The summed E-state index contributed by atoms with van der Waals surface area (Å²) < 4.78 is 35.4. The number of aryl methyl sites for hydroxylation is 3. The van der Waals surface area contributed by atoms with E-state index in [2.05, 4.69) is 5.32 Å². The first-order valence-corrected chi connectivity index (χ1v) is 16.8. The molecule has 0 heterocycles. The first kappa shape index (κ1) is 34.2. The molecule has 46 heavy (non-hydrogen) atoms. The Bertz CT molecular complexity index is 1760. The fraction of sp³-hybridized carbons (Fsp3) is 0.297. The second-order valence-electron chi connectivity index (χ2n) is 11.9. The molecule has 8 nitrogen and oxygen atoms in total. The van der Waals surface area contributed by atoms with Crippen LogP contribution in [0.15, 0.2) is 102 Å². The van der Waals surface area contributed by atoms with Gasteiger partial charge in [-0.2, -0.15) is 0 Å². The highest BCUT2D eigenvalue weighted by molar-refractivity contribution is 7.92. The minimum Gasteiger partial charge on any atom is -0.495 e. The highest BCUT2D eigenvalue weighted by atomic mass is 32.2. The van der Waals surface area contributed by atoms with Gasteiger partial charge in [-0.1, -0.05) is 83.9 Å². The van der Waals surface area contributed by atoms with E-state index < -0.39 is 28.5 Å².